The fourth-order valence-electron chi connectivity index (χ4n) is 4.69. The first kappa shape index (κ1) is 25.3. The highest BCUT2D eigenvalue weighted by Gasteiger charge is 2.14. The standard InChI is InChI=1S/C29H40N2OS/c1-2-3-4-5-6-7-10-17-25(24-18-11-8-12-19-24)20-15-16-23-31-28(32)27(30-29(31)33)26-21-13-9-14-22-26/h8-9,11-14,18-19,21-22,25,32H,2-7,10,15-17,20,23H2,1H3,(H,30,33). The molecule has 0 fully saturated rings. The summed E-state index contributed by atoms with van der Waals surface area (Å²) >= 11 is 5.49. The van der Waals surface area contributed by atoms with Crippen LogP contribution in [-0.2, 0) is 6.54 Å². The van der Waals surface area contributed by atoms with Crippen molar-refractivity contribution >= 4 is 12.2 Å². The van der Waals surface area contributed by atoms with E-state index in [4.69, 9.17) is 12.2 Å². The second kappa shape index (κ2) is 14.0. The Balaban J connectivity index is 1.50. The molecule has 3 aromatic rings. The maximum Gasteiger partial charge on any atom is 0.218 e. The summed E-state index contributed by atoms with van der Waals surface area (Å²) in [6.07, 6.45) is 14.1. The zero-order valence-electron chi connectivity index (χ0n) is 20.1. The van der Waals surface area contributed by atoms with Crippen molar-refractivity contribution in [3.05, 3.63) is 71.0 Å². The molecule has 0 amide bonds. The molecule has 0 aliphatic heterocycles. The lowest BCUT2D eigenvalue weighted by Crippen LogP contribution is -2.02. The Labute approximate surface area is 204 Å². The van der Waals surface area contributed by atoms with Gasteiger partial charge in [0.15, 0.2) is 4.77 Å². The fourth-order valence-corrected chi connectivity index (χ4v) is 4.97. The largest absolute Gasteiger partial charge is 0.493 e. The van der Waals surface area contributed by atoms with E-state index in [1.807, 2.05) is 34.9 Å². The molecule has 33 heavy (non-hydrogen) atoms. The summed E-state index contributed by atoms with van der Waals surface area (Å²) in [7, 11) is 0. The number of hydrogen-bond donors (Lipinski definition) is 2. The molecule has 2 aromatic carbocycles. The minimum Gasteiger partial charge on any atom is -0.493 e. The molecule has 0 bridgehead atoms. The molecule has 1 atom stereocenters. The number of imidazole rings is 1. The van der Waals surface area contributed by atoms with Crippen LogP contribution in [0.25, 0.3) is 11.3 Å². The molecular formula is C29H40N2OS. The highest BCUT2D eigenvalue weighted by atomic mass is 32.1. The van der Waals surface area contributed by atoms with Gasteiger partial charge in [-0.25, -0.2) is 0 Å². The Morgan fingerprint density at radius 3 is 2.03 bits per heavy atom. The number of unbranched alkanes of at least 4 members (excludes halogenated alkanes) is 7. The Kier molecular flexibility index (Phi) is 10.8. The first-order chi connectivity index (χ1) is 16.2. The van der Waals surface area contributed by atoms with E-state index in [0.29, 0.717) is 16.4 Å². The van der Waals surface area contributed by atoms with Gasteiger partial charge in [0, 0.05) is 12.1 Å². The molecule has 3 nitrogen and oxygen atoms in total. The minimum absolute atomic E-state index is 0.244. The van der Waals surface area contributed by atoms with Gasteiger partial charge in [-0.1, -0.05) is 119 Å². The van der Waals surface area contributed by atoms with Crippen LogP contribution >= 0.6 is 12.2 Å². The smallest absolute Gasteiger partial charge is 0.218 e. The van der Waals surface area contributed by atoms with Gasteiger partial charge < -0.3 is 10.1 Å². The average molecular weight is 465 g/mol. The van der Waals surface area contributed by atoms with Crippen LogP contribution in [0.4, 0.5) is 0 Å². The number of aromatic hydroxyl groups is 1. The van der Waals surface area contributed by atoms with Crippen molar-refractivity contribution < 1.29 is 5.11 Å². The van der Waals surface area contributed by atoms with Crippen molar-refractivity contribution in [1.82, 2.24) is 9.55 Å². The normalized spacial score (nSPS) is 12.2. The molecule has 0 spiro atoms. The molecule has 0 aliphatic rings. The minimum atomic E-state index is 0.244. The van der Waals surface area contributed by atoms with E-state index < -0.39 is 0 Å². The number of benzene rings is 2. The number of nitrogens with zero attached hydrogens (tertiary/aromatic N) is 1. The van der Waals surface area contributed by atoms with Crippen molar-refractivity contribution in [3.8, 4) is 17.1 Å². The topological polar surface area (TPSA) is 41.0 Å². The summed E-state index contributed by atoms with van der Waals surface area (Å²) in [6, 6.07) is 20.9. The van der Waals surface area contributed by atoms with E-state index in [2.05, 4.69) is 42.2 Å². The molecule has 4 heteroatoms. The lowest BCUT2D eigenvalue weighted by molar-refractivity contribution is 0.406. The van der Waals surface area contributed by atoms with Crippen molar-refractivity contribution in [3.63, 3.8) is 0 Å². The van der Waals surface area contributed by atoms with Crippen LogP contribution in [0.2, 0.25) is 0 Å². The molecule has 1 heterocycles. The SMILES string of the molecule is CCCCCCCCCC(CCCCn1c(O)c(-c2ccccc2)[nH]c1=S)c1ccccc1. The molecule has 1 unspecified atom stereocenters. The van der Waals surface area contributed by atoms with Crippen LogP contribution in [0, 0.1) is 4.77 Å². The number of H-pyrrole nitrogens is 1. The van der Waals surface area contributed by atoms with Gasteiger partial charge in [-0.3, -0.25) is 4.57 Å². The molecule has 1 aromatic heterocycles. The average Bonchev–Trinajstić information content (AvgIpc) is 3.14. The van der Waals surface area contributed by atoms with Gasteiger partial charge in [-0.15, -0.1) is 0 Å². The van der Waals surface area contributed by atoms with Gasteiger partial charge >= 0.3 is 0 Å². The lowest BCUT2D eigenvalue weighted by Gasteiger charge is -2.18. The molecule has 0 radical (unpaired) electrons. The molecule has 0 saturated carbocycles. The zero-order chi connectivity index (χ0) is 23.3. The monoisotopic (exact) mass is 464 g/mol. The summed E-state index contributed by atoms with van der Waals surface area (Å²) in [4.78, 5) is 3.19. The Bertz CT molecular complexity index is 978. The summed E-state index contributed by atoms with van der Waals surface area (Å²) in [6.45, 7) is 3.02. The maximum atomic E-state index is 10.7. The maximum absolute atomic E-state index is 10.7. The van der Waals surface area contributed by atoms with Gasteiger partial charge in [0.1, 0.15) is 5.69 Å². The van der Waals surface area contributed by atoms with Crippen molar-refractivity contribution in [2.24, 2.45) is 0 Å². The third kappa shape index (κ3) is 7.89. The molecular weight excluding hydrogens is 424 g/mol. The van der Waals surface area contributed by atoms with Crippen molar-refractivity contribution in [2.75, 3.05) is 0 Å². The second-order valence-corrected chi connectivity index (χ2v) is 9.55. The van der Waals surface area contributed by atoms with Crippen LogP contribution < -0.4 is 0 Å². The predicted octanol–water partition coefficient (Wildman–Crippen LogP) is 9.01. The summed E-state index contributed by atoms with van der Waals surface area (Å²) in [5.41, 5.74) is 3.14. The highest BCUT2D eigenvalue weighted by molar-refractivity contribution is 7.71. The van der Waals surface area contributed by atoms with E-state index in [0.717, 1.165) is 24.9 Å². The van der Waals surface area contributed by atoms with Crippen LogP contribution in [0.3, 0.4) is 0 Å². The number of nitrogens with one attached hydrogen (secondary N) is 1. The third-order valence-corrected chi connectivity index (χ3v) is 6.95. The Morgan fingerprint density at radius 1 is 0.788 bits per heavy atom. The van der Waals surface area contributed by atoms with Gasteiger partial charge in [-0.05, 0) is 43.0 Å². The summed E-state index contributed by atoms with van der Waals surface area (Å²) < 4.78 is 2.43. The lowest BCUT2D eigenvalue weighted by atomic mass is 9.88. The zero-order valence-corrected chi connectivity index (χ0v) is 21.0. The van der Waals surface area contributed by atoms with Gasteiger partial charge in [-0.2, -0.15) is 0 Å². The molecule has 3 rings (SSSR count). The van der Waals surface area contributed by atoms with Gasteiger partial charge in [0.05, 0.1) is 0 Å². The van der Waals surface area contributed by atoms with E-state index >= 15 is 0 Å². The summed E-state index contributed by atoms with van der Waals surface area (Å²) in [5.74, 6) is 0.864. The van der Waals surface area contributed by atoms with Crippen LogP contribution in [0.1, 0.15) is 89.0 Å². The number of aromatic nitrogens is 2. The second-order valence-electron chi connectivity index (χ2n) is 9.16. The number of aromatic amines is 1. The Morgan fingerprint density at radius 2 is 1.36 bits per heavy atom. The van der Waals surface area contributed by atoms with E-state index in [1.165, 1.54) is 63.4 Å². The van der Waals surface area contributed by atoms with Crippen molar-refractivity contribution in [1.29, 1.82) is 0 Å². The number of hydrogen-bond acceptors (Lipinski definition) is 2. The van der Waals surface area contributed by atoms with E-state index in [-0.39, 0.29) is 5.88 Å². The van der Waals surface area contributed by atoms with Crippen LogP contribution in [0.5, 0.6) is 5.88 Å². The first-order valence-electron chi connectivity index (χ1n) is 12.8. The number of rotatable bonds is 15. The van der Waals surface area contributed by atoms with E-state index in [9.17, 15) is 5.11 Å². The highest BCUT2D eigenvalue weighted by Crippen LogP contribution is 2.30. The molecule has 0 aliphatic carbocycles. The molecule has 0 saturated heterocycles. The summed E-state index contributed by atoms with van der Waals surface area (Å²) in [5, 5.41) is 10.7. The van der Waals surface area contributed by atoms with Crippen molar-refractivity contribution in [2.45, 2.75) is 90.0 Å². The molecule has 178 valence electrons. The fraction of sp³-hybridized carbons (Fsp3) is 0.483. The Hall–Kier alpha value is -2.33. The van der Waals surface area contributed by atoms with Crippen LogP contribution in [0.15, 0.2) is 60.7 Å². The third-order valence-electron chi connectivity index (χ3n) is 6.63. The van der Waals surface area contributed by atoms with Crippen LogP contribution in [-0.4, -0.2) is 14.7 Å². The molecule has 2 N–H and O–H groups in total. The predicted molar refractivity (Wildman–Crippen MR) is 142 cm³/mol. The van der Waals surface area contributed by atoms with Gasteiger partial charge in [0.2, 0.25) is 5.88 Å². The van der Waals surface area contributed by atoms with E-state index in [1.54, 1.807) is 0 Å². The first-order valence-corrected chi connectivity index (χ1v) is 13.2. The van der Waals surface area contributed by atoms with Gasteiger partial charge in [0.25, 0.3) is 0 Å². The quantitative estimate of drug-likeness (QED) is 0.174.